The number of nitriles is 1. The molecule has 1 amide bonds. The molecular weight excluding hydrogens is 386 g/mol. The number of carbonyl (C=O) groups excluding carboxylic acids is 1. The maximum Gasteiger partial charge on any atom is 0.256 e. The minimum absolute atomic E-state index is 0.0741. The van der Waals surface area contributed by atoms with Crippen LogP contribution in [0.5, 0.6) is 0 Å². The molecule has 1 fully saturated rings. The Morgan fingerprint density at radius 1 is 1.37 bits per heavy atom. The van der Waals surface area contributed by atoms with Crippen LogP contribution < -0.4 is 5.32 Å². The summed E-state index contributed by atoms with van der Waals surface area (Å²) >= 11 is 1.25. The third-order valence-corrected chi connectivity index (χ3v) is 6.99. The van der Waals surface area contributed by atoms with E-state index in [9.17, 15) is 13.2 Å². The fourth-order valence-electron chi connectivity index (χ4n) is 2.80. The number of sulfonamides is 1. The largest absolute Gasteiger partial charge is 0.377 e. The highest BCUT2D eigenvalue weighted by Crippen LogP contribution is 2.23. The molecular formula is C18H19N3O4S2. The van der Waals surface area contributed by atoms with Crippen LogP contribution in [0, 0.1) is 11.3 Å². The van der Waals surface area contributed by atoms with Crippen molar-refractivity contribution in [3.63, 3.8) is 0 Å². The summed E-state index contributed by atoms with van der Waals surface area (Å²) in [6, 6.07) is 9.37. The predicted octanol–water partition coefficient (Wildman–Crippen LogP) is 2.67. The second kappa shape index (κ2) is 8.19. The Morgan fingerprint density at radius 3 is 2.74 bits per heavy atom. The van der Waals surface area contributed by atoms with Gasteiger partial charge in [0.05, 0.1) is 16.6 Å². The van der Waals surface area contributed by atoms with Crippen LogP contribution in [-0.2, 0) is 14.8 Å². The lowest BCUT2D eigenvalue weighted by Gasteiger charge is -2.20. The number of hydrogen-bond donors (Lipinski definition) is 1. The predicted molar refractivity (Wildman–Crippen MR) is 102 cm³/mol. The number of nitrogens with one attached hydrogen (secondary N) is 1. The molecule has 9 heteroatoms. The van der Waals surface area contributed by atoms with Gasteiger partial charge in [0, 0.05) is 25.8 Å². The lowest BCUT2D eigenvalue weighted by atomic mass is 10.2. The van der Waals surface area contributed by atoms with Crippen molar-refractivity contribution in [3.05, 3.63) is 46.8 Å². The standard InChI is InChI=1S/C18H19N3O4S2/c1-21(12-15-3-2-9-25-15)27(23,24)16-6-4-13(5-7-16)17(22)20-18-14(11-19)8-10-26-18/h4-8,10,15H,2-3,9,12H2,1H3,(H,20,22). The van der Waals surface area contributed by atoms with Gasteiger partial charge in [-0.3, -0.25) is 4.79 Å². The highest BCUT2D eigenvalue weighted by molar-refractivity contribution is 7.89. The van der Waals surface area contributed by atoms with Gasteiger partial charge in [-0.05, 0) is 48.6 Å². The molecule has 0 saturated carbocycles. The summed E-state index contributed by atoms with van der Waals surface area (Å²) in [5.41, 5.74) is 0.705. The van der Waals surface area contributed by atoms with Crippen LogP contribution in [0.3, 0.4) is 0 Å². The van der Waals surface area contributed by atoms with Crippen molar-refractivity contribution in [1.29, 1.82) is 5.26 Å². The number of carbonyl (C=O) groups is 1. The van der Waals surface area contributed by atoms with Gasteiger partial charge < -0.3 is 10.1 Å². The van der Waals surface area contributed by atoms with Crippen molar-refractivity contribution >= 4 is 32.3 Å². The molecule has 1 aliphatic heterocycles. The summed E-state index contributed by atoms with van der Waals surface area (Å²) < 4.78 is 32.1. The van der Waals surface area contributed by atoms with Gasteiger partial charge in [0.1, 0.15) is 11.1 Å². The maximum atomic E-state index is 12.7. The lowest BCUT2D eigenvalue weighted by Crippen LogP contribution is -2.34. The molecule has 1 saturated heterocycles. The number of benzene rings is 1. The molecule has 1 atom stereocenters. The Kier molecular flexibility index (Phi) is 5.92. The van der Waals surface area contributed by atoms with E-state index in [4.69, 9.17) is 10.00 Å². The van der Waals surface area contributed by atoms with E-state index in [1.165, 1.54) is 47.0 Å². The van der Waals surface area contributed by atoms with Gasteiger partial charge in [0.2, 0.25) is 10.0 Å². The summed E-state index contributed by atoms with van der Waals surface area (Å²) in [5, 5.41) is 13.8. The summed E-state index contributed by atoms with van der Waals surface area (Å²) in [5.74, 6) is -0.398. The number of nitrogens with zero attached hydrogens (tertiary/aromatic N) is 2. The van der Waals surface area contributed by atoms with E-state index in [1.807, 2.05) is 6.07 Å². The molecule has 1 unspecified atom stereocenters. The van der Waals surface area contributed by atoms with Crippen LogP contribution >= 0.6 is 11.3 Å². The van der Waals surface area contributed by atoms with Gasteiger partial charge in [0.25, 0.3) is 5.91 Å². The summed E-state index contributed by atoms with van der Waals surface area (Å²) in [6.07, 6.45) is 1.72. The summed E-state index contributed by atoms with van der Waals surface area (Å²) in [6.45, 7) is 0.972. The molecule has 0 bridgehead atoms. The van der Waals surface area contributed by atoms with Gasteiger partial charge >= 0.3 is 0 Å². The molecule has 2 heterocycles. The smallest absolute Gasteiger partial charge is 0.256 e. The zero-order valence-electron chi connectivity index (χ0n) is 14.7. The highest BCUT2D eigenvalue weighted by Gasteiger charge is 2.26. The maximum absolute atomic E-state index is 12.7. The van der Waals surface area contributed by atoms with Crippen molar-refractivity contribution in [2.75, 3.05) is 25.5 Å². The molecule has 1 aromatic heterocycles. The molecule has 142 valence electrons. The average molecular weight is 406 g/mol. The van der Waals surface area contributed by atoms with E-state index >= 15 is 0 Å². The molecule has 0 aliphatic carbocycles. The Labute approximate surface area is 162 Å². The van der Waals surface area contributed by atoms with E-state index in [0.29, 0.717) is 29.3 Å². The Balaban J connectivity index is 1.70. The first-order chi connectivity index (χ1) is 12.9. The monoisotopic (exact) mass is 405 g/mol. The number of amides is 1. The van der Waals surface area contributed by atoms with Crippen molar-refractivity contribution in [1.82, 2.24) is 4.31 Å². The molecule has 2 aromatic rings. The highest BCUT2D eigenvalue weighted by atomic mass is 32.2. The SMILES string of the molecule is CN(CC1CCCO1)S(=O)(=O)c1ccc(C(=O)Nc2sccc2C#N)cc1. The number of ether oxygens (including phenoxy) is 1. The zero-order chi connectivity index (χ0) is 19.4. The molecule has 1 aliphatic rings. The van der Waals surface area contributed by atoms with Crippen LogP contribution in [0.4, 0.5) is 5.00 Å². The number of likely N-dealkylation sites (N-methyl/N-ethyl adjacent to an activating group) is 1. The molecule has 0 radical (unpaired) electrons. The van der Waals surface area contributed by atoms with Gasteiger partial charge in [-0.2, -0.15) is 9.57 Å². The van der Waals surface area contributed by atoms with Crippen molar-refractivity contribution in [3.8, 4) is 6.07 Å². The fraction of sp³-hybridized carbons (Fsp3) is 0.333. The molecule has 27 heavy (non-hydrogen) atoms. The van der Waals surface area contributed by atoms with E-state index in [2.05, 4.69) is 5.32 Å². The van der Waals surface area contributed by atoms with Crippen molar-refractivity contribution in [2.45, 2.75) is 23.8 Å². The molecule has 1 aromatic carbocycles. The third-order valence-electron chi connectivity index (χ3n) is 4.32. The van der Waals surface area contributed by atoms with Gasteiger partial charge in [-0.1, -0.05) is 0 Å². The van der Waals surface area contributed by atoms with Crippen molar-refractivity contribution in [2.24, 2.45) is 0 Å². The lowest BCUT2D eigenvalue weighted by molar-refractivity contribution is 0.0979. The number of anilines is 1. The van der Waals surface area contributed by atoms with Crippen LogP contribution in [0.15, 0.2) is 40.6 Å². The Morgan fingerprint density at radius 2 is 2.11 bits per heavy atom. The van der Waals surface area contributed by atoms with Crippen LogP contribution in [0.1, 0.15) is 28.8 Å². The van der Waals surface area contributed by atoms with E-state index < -0.39 is 15.9 Å². The van der Waals surface area contributed by atoms with Crippen molar-refractivity contribution < 1.29 is 17.9 Å². The number of thiophene rings is 1. The molecule has 1 N–H and O–H groups in total. The van der Waals surface area contributed by atoms with Crippen LogP contribution in [0.2, 0.25) is 0 Å². The minimum atomic E-state index is -3.65. The first kappa shape index (κ1) is 19.5. The number of hydrogen-bond acceptors (Lipinski definition) is 6. The molecule has 7 nitrogen and oxygen atoms in total. The number of rotatable bonds is 6. The Bertz CT molecular complexity index is 955. The zero-order valence-corrected chi connectivity index (χ0v) is 16.3. The van der Waals surface area contributed by atoms with Gasteiger partial charge in [-0.15, -0.1) is 11.3 Å². The fourth-order valence-corrected chi connectivity index (χ4v) is 4.74. The average Bonchev–Trinajstić information content (AvgIpc) is 3.33. The third kappa shape index (κ3) is 4.36. The van der Waals surface area contributed by atoms with Gasteiger partial charge in [0.15, 0.2) is 0 Å². The quantitative estimate of drug-likeness (QED) is 0.796. The van der Waals surface area contributed by atoms with E-state index in [1.54, 1.807) is 11.4 Å². The normalized spacial score (nSPS) is 17.0. The first-order valence-electron chi connectivity index (χ1n) is 8.39. The van der Waals surface area contributed by atoms with Crippen LogP contribution in [0.25, 0.3) is 0 Å². The second-order valence-electron chi connectivity index (χ2n) is 6.17. The summed E-state index contributed by atoms with van der Waals surface area (Å²) in [7, 11) is -2.12. The molecule has 0 spiro atoms. The van der Waals surface area contributed by atoms with E-state index in [0.717, 1.165) is 12.8 Å². The van der Waals surface area contributed by atoms with Crippen LogP contribution in [-0.4, -0.2) is 44.9 Å². The van der Waals surface area contributed by atoms with Gasteiger partial charge in [-0.25, -0.2) is 8.42 Å². The summed E-state index contributed by atoms with van der Waals surface area (Å²) in [4.78, 5) is 12.4. The first-order valence-corrected chi connectivity index (χ1v) is 10.7. The topological polar surface area (TPSA) is 99.5 Å². The molecule has 3 rings (SSSR count). The minimum Gasteiger partial charge on any atom is -0.377 e. The second-order valence-corrected chi connectivity index (χ2v) is 9.14. The van der Waals surface area contributed by atoms with E-state index in [-0.39, 0.29) is 11.0 Å². The Hall–Kier alpha value is -2.25.